The summed E-state index contributed by atoms with van der Waals surface area (Å²) in [7, 11) is 0. The van der Waals surface area contributed by atoms with Gasteiger partial charge in [-0.15, -0.1) is 0 Å². The van der Waals surface area contributed by atoms with Crippen LogP contribution in [0.15, 0.2) is 0 Å². The first kappa shape index (κ1) is 15.8. The molecule has 1 unspecified atom stereocenters. The molecule has 1 saturated heterocycles. The predicted molar refractivity (Wildman–Crippen MR) is 71.1 cm³/mol. The maximum absolute atomic E-state index is 12.1. The van der Waals surface area contributed by atoms with Crippen LogP contribution in [-0.2, 0) is 9.53 Å². The van der Waals surface area contributed by atoms with E-state index in [9.17, 15) is 14.7 Å². The molecule has 0 spiro atoms. The van der Waals surface area contributed by atoms with Crippen LogP contribution in [0.2, 0.25) is 0 Å². The molecule has 1 aliphatic rings. The molecule has 19 heavy (non-hydrogen) atoms. The Bertz CT molecular complexity index is 333. The number of rotatable bonds is 6. The van der Waals surface area contributed by atoms with Gasteiger partial charge in [0.05, 0.1) is 12.7 Å². The topological polar surface area (TPSA) is 78.9 Å². The molecule has 1 rings (SSSR count). The second kappa shape index (κ2) is 6.75. The lowest BCUT2D eigenvalue weighted by Gasteiger charge is -2.33. The van der Waals surface area contributed by atoms with Crippen molar-refractivity contribution in [2.75, 3.05) is 19.7 Å². The maximum Gasteiger partial charge on any atom is 0.329 e. The number of hydrogen-bond donors (Lipinski definition) is 2. The van der Waals surface area contributed by atoms with Crippen molar-refractivity contribution in [2.45, 2.75) is 51.7 Å². The summed E-state index contributed by atoms with van der Waals surface area (Å²) in [5.74, 6) is -0.916. The number of carboxylic acid groups (broad SMARTS) is 1. The van der Waals surface area contributed by atoms with Gasteiger partial charge >= 0.3 is 12.0 Å². The van der Waals surface area contributed by atoms with Crippen LogP contribution in [-0.4, -0.2) is 53.3 Å². The fourth-order valence-electron chi connectivity index (χ4n) is 2.46. The van der Waals surface area contributed by atoms with Crippen molar-refractivity contribution >= 4 is 12.0 Å². The number of nitrogens with one attached hydrogen (secondary N) is 1. The largest absolute Gasteiger partial charge is 0.479 e. The average Bonchev–Trinajstić information content (AvgIpc) is 2.79. The minimum absolute atomic E-state index is 0.123. The molecule has 0 aromatic carbocycles. The zero-order valence-electron chi connectivity index (χ0n) is 11.9. The number of hydrogen-bond acceptors (Lipinski definition) is 3. The lowest BCUT2D eigenvalue weighted by atomic mass is 9.93. The molecule has 0 bridgehead atoms. The quantitative estimate of drug-likeness (QED) is 0.717. The first-order chi connectivity index (χ1) is 8.94. The van der Waals surface area contributed by atoms with Crippen molar-refractivity contribution in [1.82, 2.24) is 10.2 Å². The highest BCUT2D eigenvalue weighted by molar-refractivity contribution is 5.87. The fourth-order valence-corrected chi connectivity index (χ4v) is 2.46. The van der Waals surface area contributed by atoms with Crippen LogP contribution in [0.25, 0.3) is 0 Å². The Kier molecular flexibility index (Phi) is 5.60. The number of aliphatic carboxylic acids is 1. The highest BCUT2D eigenvalue weighted by atomic mass is 16.5. The van der Waals surface area contributed by atoms with Gasteiger partial charge in [-0.2, -0.15) is 0 Å². The van der Waals surface area contributed by atoms with Gasteiger partial charge in [0, 0.05) is 13.1 Å². The lowest BCUT2D eigenvalue weighted by Crippen LogP contribution is -2.56. The van der Waals surface area contributed by atoms with E-state index in [-0.39, 0.29) is 12.1 Å². The zero-order chi connectivity index (χ0) is 14.5. The molecule has 0 aliphatic carbocycles. The van der Waals surface area contributed by atoms with E-state index in [0.717, 1.165) is 6.42 Å². The Labute approximate surface area is 114 Å². The molecule has 110 valence electrons. The molecular weight excluding hydrogens is 248 g/mol. The van der Waals surface area contributed by atoms with Crippen LogP contribution in [0.4, 0.5) is 4.79 Å². The van der Waals surface area contributed by atoms with Crippen LogP contribution in [0.1, 0.15) is 40.0 Å². The zero-order valence-corrected chi connectivity index (χ0v) is 11.9. The summed E-state index contributed by atoms with van der Waals surface area (Å²) < 4.78 is 5.33. The van der Waals surface area contributed by atoms with E-state index in [2.05, 4.69) is 5.32 Å². The molecule has 1 fully saturated rings. The number of amides is 2. The molecule has 0 saturated carbocycles. The minimum Gasteiger partial charge on any atom is -0.479 e. The molecule has 0 aromatic heterocycles. The van der Waals surface area contributed by atoms with E-state index >= 15 is 0 Å². The van der Waals surface area contributed by atoms with Gasteiger partial charge < -0.3 is 20.1 Å². The van der Waals surface area contributed by atoms with Gasteiger partial charge in [0.15, 0.2) is 0 Å². The third kappa shape index (κ3) is 3.59. The van der Waals surface area contributed by atoms with Crippen molar-refractivity contribution in [2.24, 2.45) is 0 Å². The van der Waals surface area contributed by atoms with Crippen molar-refractivity contribution in [3.63, 3.8) is 0 Å². The Morgan fingerprint density at radius 2 is 2.16 bits per heavy atom. The molecule has 2 amide bonds. The summed E-state index contributed by atoms with van der Waals surface area (Å²) in [6.07, 6.45) is 1.81. The smallest absolute Gasteiger partial charge is 0.329 e. The summed E-state index contributed by atoms with van der Waals surface area (Å²) in [4.78, 5) is 25.0. The van der Waals surface area contributed by atoms with Crippen molar-refractivity contribution in [1.29, 1.82) is 0 Å². The standard InChI is InChI=1S/C13H24N2O4/c1-4-13(11(16)17)6-5-8-15(13)12(18)14-7-9-19-10(2)3/h10H,4-9H2,1-3H3,(H,14,18)(H,16,17). The van der Waals surface area contributed by atoms with Crippen LogP contribution in [0.3, 0.4) is 0 Å². The third-order valence-electron chi connectivity index (χ3n) is 3.55. The monoisotopic (exact) mass is 272 g/mol. The van der Waals surface area contributed by atoms with Gasteiger partial charge in [0.25, 0.3) is 0 Å². The van der Waals surface area contributed by atoms with Crippen LogP contribution in [0.5, 0.6) is 0 Å². The molecule has 6 nitrogen and oxygen atoms in total. The van der Waals surface area contributed by atoms with E-state index < -0.39 is 11.5 Å². The van der Waals surface area contributed by atoms with E-state index in [1.54, 1.807) is 0 Å². The first-order valence-corrected chi connectivity index (χ1v) is 6.84. The highest BCUT2D eigenvalue weighted by Crippen LogP contribution is 2.32. The van der Waals surface area contributed by atoms with E-state index in [4.69, 9.17) is 4.74 Å². The van der Waals surface area contributed by atoms with Gasteiger partial charge in [-0.3, -0.25) is 0 Å². The van der Waals surface area contributed by atoms with Crippen molar-refractivity contribution < 1.29 is 19.4 Å². The Balaban J connectivity index is 2.53. The van der Waals surface area contributed by atoms with Gasteiger partial charge in [-0.1, -0.05) is 6.92 Å². The molecule has 1 atom stereocenters. The second-order valence-electron chi connectivity index (χ2n) is 5.10. The van der Waals surface area contributed by atoms with Crippen molar-refractivity contribution in [3.8, 4) is 0 Å². The Morgan fingerprint density at radius 1 is 1.47 bits per heavy atom. The number of carboxylic acids is 1. The molecule has 6 heteroatoms. The Morgan fingerprint density at radius 3 is 2.68 bits per heavy atom. The van der Waals surface area contributed by atoms with E-state index in [1.165, 1.54) is 4.90 Å². The third-order valence-corrected chi connectivity index (χ3v) is 3.55. The summed E-state index contributed by atoms with van der Waals surface area (Å²) in [5, 5.41) is 12.1. The van der Waals surface area contributed by atoms with Crippen molar-refractivity contribution in [3.05, 3.63) is 0 Å². The van der Waals surface area contributed by atoms with Crippen LogP contribution >= 0.6 is 0 Å². The van der Waals surface area contributed by atoms with Gasteiger partial charge in [0.1, 0.15) is 5.54 Å². The molecule has 2 N–H and O–H groups in total. The molecular formula is C13H24N2O4. The Hall–Kier alpha value is -1.30. The predicted octanol–water partition coefficient (Wildman–Crippen LogP) is 1.45. The maximum atomic E-state index is 12.1. The highest BCUT2D eigenvalue weighted by Gasteiger charge is 2.48. The summed E-state index contributed by atoms with van der Waals surface area (Å²) in [5.41, 5.74) is -1.04. The molecule has 0 aromatic rings. The molecule has 1 aliphatic heterocycles. The number of nitrogens with zero attached hydrogens (tertiary/aromatic N) is 1. The minimum atomic E-state index is -1.04. The SMILES string of the molecule is CCC1(C(=O)O)CCCN1C(=O)NCCOC(C)C. The van der Waals surface area contributed by atoms with E-state index in [1.807, 2.05) is 20.8 Å². The normalized spacial score (nSPS) is 22.8. The number of carbonyl (C=O) groups excluding carboxylic acids is 1. The lowest BCUT2D eigenvalue weighted by molar-refractivity contribution is -0.148. The van der Waals surface area contributed by atoms with Crippen LogP contribution in [0, 0.1) is 0 Å². The number of urea groups is 1. The van der Waals surface area contributed by atoms with E-state index in [0.29, 0.717) is 32.5 Å². The van der Waals surface area contributed by atoms with Crippen LogP contribution < -0.4 is 5.32 Å². The summed E-state index contributed by atoms with van der Waals surface area (Å²) in [6.45, 7) is 6.98. The average molecular weight is 272 g/mol. The fraction of sp³-hybridized carbons (Fsp3) is 0.846. The molecule has 1 heterocycles. The molecule has 0 radical (unpaired) electrons. The summed E-state index contributed by atoms with van der Waals surface area (Å²) in [6, 6.07) is -0.311. The number of likely N-dealkylation sites (tertiary alicyclic amines) is 1. The van der Waals surface area contributed by atoms with Gasteiger partial charge in [-0.25, -0.2) is 9.59 Å². The van der Waals surface area contributed by atoms with Gasteiger partial charge in [-0.05, 0) is 33.1 Å². The number of ether oxygens (including phenoxy) is 1. The van der Waals surface area contributed by atoms with Gasteiger partial charge in [0.2, 0.25) is 0 Å². The summed E-state index contributed by atoms with van der Waals surface area (Å²) >= 11 is 0. The first-order valence-electron chi connectivity index (χ1n) is 6.84. The second-order valence-corrected chi connectivity index (χ2v) is 5.10. The number of carbonyl (C=O) groups is 2.